The van der Waals surface area contributed by atoms with Crippen molar-refractivity contribution in [2.24, 2.45) is 0 Å². The number of nitrogens with zero attached hydrogens (tertiary/aromatic N) is 1. The van der Waals surface area contributed by atoms with Crippen molar-refractivity contribution in [1.29, 1.82) is 0 Å². The number of nitrogens with one attached hydrogen (secondary N) is 3. The van der Waals surface area contributed by atoms with E-state index in [9.17, 15) is 22.8 Å². The smallest absolute Gasteiger partial charge is 0.338 e. The Morgan fingerprint density at radius 3 is 2.38 bits per heavy atom. The fourth-order valence-corrected chi connectivity index (χ4v) is 3.96. The van der Waals surface area contributed by atoms with Gasteiger partial charge in [0.25, 0.3) is 10.0 Å². The van der Waals surface area contributed by atoms with E-state index in [1.54, 1.807) is 17.0 Å². The van der Waals surface area contributed by atoms with Gasteiger partial charge in [-0.25, -0.2) is 27.5 Å². The summed E-state index contributed by atoms with van der Waals surface area (Å²) in [7, 11) is -4.05. The SMILES string of the molecule is Cc1ccc(S(=O)(=O)NC(=O)Nc2cccc(C(=O)OCCCN(C(=O)NS)C(C)C)c2)cc1. The van der Waals surface area contributed by atoms with Crippen LogP contribution in [0.2, 0.25) is 0 Å². The first-order valence-electron chi connectivity index (χ1n) is 10.4. The van der Waals surface area contributed by atoms with Gasteiger partial charge in [0.1, 0.15) is 0 Å². The zero-order valence-electron chi connectivity index (χ0n) is 19.1. The predicted octanol–water partition coefficient (Wildman–Crippen LogP) is 3.32. The molecule has 0 aromatic heterocycles. The van der Waals surface area contributed by atoms with E-state index in [1.165, 1.54) is 36.4 Å². The molecule has 0 aliphatic rings. The molecule has 0 heterocycles. The number of thiol groups is 1. The number of hydrogen-bond donors (Lipinski definition) is 4. The lowest BCUT2D eigenvalue weighted by molar-refractivity contribution is 0.0490. The molecule has 2 rings (SSSR count). The molecule has 0 aliphatic carbocycles. The molecule has 34 heavy (non-hydrogen) atoms. The fourth-order valence-electron chi connectivity index (χ4n) is 2.92. The van der Waals surface area contributed by atoms with Gasteiger partial charge in [0.2, 0.25) is 0 Å². The van der Waals surface area contributed by atoms with E-state index < -0.39 is 22.0 Å². The van der Waals surface area contributed by atoms with Crippen molar-refractivity contribution in [3.63, 3.8) is 0 Å². The average molecular weight is 509 g/mol. The Balaban J connectivity index is 1.91. The lowest BCUT2D eigenvalue weighted by atomic mass is 10.2. The Hall–Kier alpha value is -3.25. The van der Waals surface area contributed by atoms with E-state index in [-0.39, 0.29) is 34.8 Å². The van der Waals surface area contributed by atoms with Gasteiger partial charge in [-0.3, -0.25) is 4.72 Å². The summed E-state index contributed by atoms with van der Waals surface area (Å²) in [5, 5.41) is 2.39. The molecule has 0 fully saturated rings. The van der Waals surface area contributed by atoms with Crippen LogP contribution in [-0.4, -0.2) is 50.5 Å². The Bertz CT molecular complexity index is 1120. The van der Waals surface area contributed by atoms with Crippen LogP contribution in [0.25, 0.3) is 0 Å². The van der Waals surface area contributed by atoms with E-state index in [4.69, 9.17) is 4.74 Å². The number of carbonyl (C=O) groups excluding carboxylic acids is 3. The molecule has 0 unspecified atom stereocenters. The van der Waals surface area contributed by atoms with Crippen molar-refractivity contribution < 1.29 is 27.5 Å². The molecule has 12 heteroatoms. The van der Waals surface area contributed by atoms with Crippen molar-refractivity contribution in [3.05, 3.63) is 59.7 Å². The largest absolute Gasteiger partial charge is 0.462 e. The molecule has 3 N–H and O–H groups in total. The monoisotopic (exact) mass is 508 g/mol. The van der Waals surface area contributed by atoms with Gasteiger partial charge in [0.05, 0.1) is 17.1 Å². The average Bonchev–Trinajstić information content (AvgIpc) is 2.78. The van der Waals surface area contributed by atoms with Crippen molar-refractivity contribution in [1.82, 2.24) is 14.3 Å². The van der Waals surface area contributed by atoms with E-state index in [0.717, 1.165) is 5.56 Å². The van der Waals surface area contributed by atoms with Gasteiger partial charge >= 0.3 is 18.0 Å². The summed E-state index contributed by atoms with van der Waals surface area (Å²) in [6.07, 6.45) is 0.419. The molecule has 0 radical (unpaired) electrons. The number of benzene rings is 2. The number of amides is 4. The molecule has 2 aromatic carbocycles. The van der Waals surface area contributed by atoms with Crippen LogP contribution in [0.4, 0.5) is 15.3 Å². The van der Waals surface area contributed by atoms with Crippen LogP contribution in [0.1, 0.15) is 36.2 Å². The number of ether oxygens (including phenoxy) is 1. The van der Waals surface area contributed by atoms with E-state index in [0.29, 0.717) is 13.0 Å². The molecule has 0 saturated carbocycles. The van der Waals surface area contributed by atoms with Crippen LogP contribution in [0.15, 0.2) is 53.4 Å². The third-order valence-electron chi connectivity index (χ3n) is 4.67. The Labute approximate surface area is 204 Å². The lowest BCUT2D eigenvalue weighted by Gasteiger charge is -2.25. The van der Waals surface area contributed by atoms with E-state index in [1.807, 2.05) is 25.5 Å². The van der Waals surface area contributed by atoms with Crippen LogP contribution in [0, 0.1) is 6.92 Å². The summed E-state index contributed by atoms with van der Waals surface area (Å²) >= 11 is 3.76. The first-order valence-corrected chi connectivity index (χ1v) is 12.3. The third kappa shape index (κ3) is 7.96. The number of esters is 1. The number of carbonyl (C=O) groups is 3. The number of hydrogen-bond acceptors (Lipinski definition) is 7. The molecular formula is C22H28N4O6S2. The summed E-state index contributed by atoms with van der Waals surface area (Å²) in [6.45, 7) is 5.98. The first-order chi connectivity index (χ1) is 16.0. The molecule has 184 valence electrons. The maximum absolute atomic E-state index is 12.3. The molecule has 0 bridgehead atoms. The van der Waals surface area contributed by atoms with Crippen LogP contribution in [-0.2, 0) is 14.8 Å². The Morgan fingerprint density at radius 1 is 1.09 bits per heavy atom. The van der Waals surface area contributed by atoms with Crippen molar-refractivity contribution in [2.75, 3.05) is 18.5 Å². The third-order valence-corrected chi connectivity index (χ3v) is 6.21. The second-order valence-corrected chi connectivity index (χ2v) is 9.55. The van der Waals surface area contributed by atoms with E-state index >= 15 is 0 Å². The number of anilines is 1. The molecule has 2 aromatic rings. The molecule has 4 amide bonds. The summed E-state index contributed by atoms with van der Waals surface area (Å²) in [5.74, 6) is -0.619. The minimum atomic E-state index is -4.05. The number of rotatable bonds is 9. The molecule has 0 aliphatic heterocycles. The number of aryl methyl sites for hydroxylation is 1. The highest BCUT2D eigenvalue weighted by molar-refractivity contribution is 7.90. The van der Waals surface area contributed by atoms with Crippen LogP contribution < -0.4 is 14.8 Å². The second-order valence-electron chi connectivity index (χ2n) is 7.65. The molecule has 0 saturated heterocycles. The van der Waals surface area contributed by atoms with Gasteiger partial charge < -0.3 is 15.0 Å². The molecular weight excluding hydrogens is 480 g/mol. The van der Waals surface area contributed by atoms with Crippen molar-refractivity contribution >= 4 is 46.6 Å². The zero-order valence-corrected chi connectivity index (χ0v) is 20.8. The van der Waals surface area contributed by atoms with Gasteiger partial charge in [0.15, 0.2) is 0 Å². The Morgan fingerprint density at radius 2 is 1.76 bits per heavy atom. The lowest BCUT2D eigenvalue weighted by Crippen LogP contribution is -2.41. The van der Waals surface area contributed by atoms with Crippen LogP contribution in [0.3, 0.4) is 0 Å². The minimum absolute atomic E-state index is 0.0477. The number of sulfonamides is 1. The normalized spacial score (nSPS) is 11.0. The standard InChI is InChI=1S/C22H28N4O6S2/c1-15(2)26(22(29)24-33)12-5-13-32-20(27)17-6-4-7-18(14-17)23-21(28)25-34(30,31)19-10-8-16(3)9-11-19/h4,6-11,14-15,33H,5,12-13H2,1-3H3,(H,24,29)(H2,23,25,28). The maximum Gasteiger partial charge on any atom is 0.338 e. The minimum Gasteiger partial charge on any atom is -0.462 e. The molecule has 10 nitrogen and oxygen atoms in total. The summed E-state index contributed by atoms with van der Waals surface area (Å²) in [5.41, 5.74) is 1.27. The van der Waals surface area contributed by atoms with Gasteiger partial charge in [-0.1, -0.05) is 36.6 Å². The summed E-state index contributed by atoms with van der Waals surface area (Å²) in [6, 6.07) is 10.6. The van der Waals surface area contributed by atoms with Gasteiger partial charge in [-0.05, 0) is 57.5 Å². The highest BCUT2D eigenvalue weighted by atomic mass is 32.2. The Kier molecular flexibility index (Phi) is 9.75. The topological polar surface area (TPSA) is 134 Å². The predicted molar refractivity (Wildman–Crippen MR) is 131 cm³/mol. The maximum atomic E-state index is 12.3. The molecule has 0 spiro atoms. The van der Waals surface area contributed by atoms with Gasteiger partial charge in [-0.2, -0.15) is 0 Å². The van der Waals surface area contributed by atoms with Crippen molar-refractivity contribution in [2.45, 2.75) is 38.1 Å². The molecule has 0 atom stereocenters. The van der Waals surface area contributed by atoms with Crippen molar-refractivity contribution in [3.8, 4) is 0 Å². The summed E-state index contributed by atoms with van der Waals surface area (Å²) < 4.78 is 34.1. The summed E-state index contributed by atoms with van der Waals surface area (Å²) in [4.78, 5) is 37.8. The highest BCUT2D eigenvalue weighted by Gasteiger charge is 2.18. The number of urea groups is 2. The van der Waals surface area contributed by atoms with Gasteiger partial charge in [-0.15, -0.1) is 0 Å². The first kappa shape index (κ1) is 27.0. The fraction of sp³-hybridized carbons (Fsp3) is 0.318. The van der Waals surface area contributed by atoms with Crippen LogP contribution >= 0.6 is 12.8 Å². The van der Waals surface area contributed by atoms with E-state index in [2.05, 4.69) is 22.9 Å². The van der Waals surface area contributed by atoms with Gasteiger partial charge in [0, 0.05) is 18.3 Å². The quantitative estimate of drug-likeness (QED) is 0.233. The second kappa shape index (κ2) is 12.3. The zero-order chi connectivity index (χ0) is 25.3. The van der Waals surface area contributed by atoms with Crippen LogP contribution in [0.5, 0.6) is 0 Å². The highest BCUT2D eigenvalue weighted by Crippen LogP contribution is 2.14.